The number of carbonyl (C=O) groups excluding carboxylic acids is 1. The van der Waals surface area contributed by atoms with E-state index in [0.29, 0.717) is 28.8 Å². The Labute approximate surface area is 138 Å². The molecule has 1 aromatic heterocycles. The standard InChI is InChI=1S/C16H18FNO3S2/c1-3-18(11-7-8-23(20,21)9-11)16(19)15-10(2)14-12(17)5-4-6-13(14)22-15/h4-6,11H,3,7-9H2,1-2H3. The molecule has 2 heterocycles. The van der Waals surface area contributed by atoms with E-state index in [1.54, 1.807) is 24.0 Å². The van der Waals surface area contributed by atoms with Crippen molar-refractivity contribution in [1.29, 1.82) is 0 Å². The highest BCUT2D eigenvalue weighted by molar-refractivity contribution is 7.91. The molecule has 124 valence electrons. The number of hydrogen-bond donors (Lipinski definition) is 0. The predicted molar refractivity (Wildman–Crippen MR) is 90.3 cm³/mol. The van der Waals surface area contributed by atoms with Gasteiger partial charge in [-0.1, -0.05) is 6.07 Å². The molecule has 1 unspecified atom stereocenters. The SMILES string of the molecule is CCN(C(=O)c1sc2cccc(F)c2c1C)C1CCS(=O)(=O)C1. The van der Waals surface area contributed by atoms with Crippen molar-refractivity contribution in [2.75, 3.05) is 18.1 Å². The van der Waals surface area contributed by atoms with E-state index in [-0.39, 0.29) is 29.3 Å². The minimum absolute atomic E-state index is 0.0187. The molecule has 1 fully saturated rings. The second kappa shape index (κ2) is 5.87. The number of thiophene rings is 1. The second-order valence-corrected chi connectivity index (χ2v) is 9.10. The molecular formula is C16H18FNO3S2. The first kappa shape index (κ1) is 16.4. The van der Waals surface area contributed by atoms with Crippen molar-refractivity contribution < 1.29 is 17.6 Å². The van der Waals surface area contributed by atoms with E-state index >= 15 is 0 Å². The van der Waals surface area contributed by atoms with Crippen LogP contribution in [0.4, 0.5) is 4.39 Å². The van der Waals surface area contributed by atoms with Gasteiger partial charge in [0.1, 0.15) is 5.82 Å². The smallest absolute Gasteiger partial charge is 0.264 e. The van der Waals surface area contributed by atoms with Crippen molar-refractivity contribution >= 4 is 37.2 Å². The van der Waals surface area contributed by atoms with E-state index in [1.807, 2.05) is 6.92 Å². The van der Waals surface area contributed by atoms with Crippen LogP contribution in [0.3, 0.4) is 0 Å². The van der Waals surface area contributed by atoms with Crippen molar-refractivity contribution in [3.05, 3.63) is 34.5 Å². The van der Waals surface area contributed by atoms with Crippen LogP contribution in [0.5, 0.6) is 0 Å². The van der Waals surface area contributed by atoms with E-state index in [4.69, 9.17) is 0 Å². The van der Waals surface area contributed by atoms with Gasteiger partial charge >= 0.3 is 0 Å². The number of rotatable bonds is 3. The zero-order valence-electron chi connectivity index (χ0n) is 13.0. The van der Waals surface area contributed by atoms with E-state index in [0.717, 1.165) is 4.70 Å². The predicted octanol–water partition coefficient (Wildman–Crippen LogP) is 3.00. The lowest BCUT2D eigenvalue weighted by molar-refractivity contribution is 0.0713. The molecule has 0 radical (unpaired) electrons. The molecular weight excluding hydrogens is 337 g/mol. The first-order chi connectivity index (χ1) is 10.8. The molecule has 0 saturated carbocycles. The number of amides is 1. The average Bonchev–Trinajstić information content (AvgIpc) is 3.01. The molecule has 1 amide bonds. The molecule has 2 aromatic rings. The van der Waals surface area contributed by atoms with Crippen molar-refractivity contribution in [2.45, 2.75) is 26.3 Å². The third kappa shape index (κ3) is 2.87. The molecule has 1 aliphatic heterocycles. The first-order valence-electron chi connectivity index (χ1n) is 7.53. The van der Waals surface area contributed by atoms with E-state index in [2.05, 4.69) is 0 Å². The summed E-state index contributed by atoms with van der Waals surface area (Å²) in [4.78, 5) is 15.0. The number of fused-ring (bicyclic) bond motifs is 1. The minimum Gasteiger partial charge on any atom is -0.334 e. The second-order valence-electron chi connectivity index (χ2n) is 5.82. The Bertz CT molecular complexity index is 873. The van der Waals surface area contributed by atoms with Crippen LogP contribution in [0.25, 0.3) is 10.1 Å². The molecule has 4 nitrogen and oxygen atoms in total. The fraction of sp³-hybridized carbons (Fsp3) is 0.438. The molecule has 0 bridgehead atoms. The van der Waals surface area contributed by atoms with Gasteiger partial charge in [0.05, 0.1) is 16.4 Å². The Morgan fingerprint density at radius 2 is 2.17 bits per heavy atom. The van der Waals surface area contributed by atoms with Gasteiger partial charge < -0.3 is 4.90 Å². The summed E-state index contributed by atoms with van der Waals surface area (Å²) in [5.41, 5.74) is 0.632. The van der Waals surface area contributed by atoms with Gasteiger partial charge in [-0.25, -0.2) is 12.8 Å². The molecule has 1 aliphatic rings. The Hall–Kier alpha value is -1.47. The van der Waals surface area contributed by atoms with E-state index in [9.17, 15) is 17.6 Å². The molecule has 3 rings (SSSR count). The summed E-state index contributed by atoms with van der Waals surface area (Å²) in [6, 6.07) is 4.52. The summed E-state index contributed by atoms with van der Waals surface area (Å²) in [7, 11) is -3.06. The van der Waals surface area contributed by atoms with Gasteiger partial charge in [-0.3, -0.25) is 4.79 Å². The van der Waals surface area contributed by atoms with E-state index in [1.165, 1.54) is 17.4 Å². The van der Waals surface area contributed by atoms with Crippen LogP contribution in [0.15, 0.2) is 18.2 Å². The van der Waals surface area contributed by atoms with Crippen LogP contribution in [0.2, 0.25) is 0 Å². The molecule has 1 aromatic carbocycles. The van der Waals surface area contributed by atoms with Gasteiger partial charge in [0.15, 0.2) is 9.84 Å². The summed E-state index contributed by atoms with van der Waals surface area (Å²) in [5, 5.41) is 0.482. The maximum Gasteiger partial charge on any atom is 0.264 e. The Morgan fingerprint density at radius 3 is 2.74 bits per heavy atom. The third-order valence-electron chi connectivity index (χ3n) is 4.35. The number of carbonyl (C=O) groups is 1. The van der Waals surface area contributed by atoms with Crippen molar-refractivity contribution in [2.24, 2.45) is 0 Å². The maximum absolute atomic E-state index is 14.0. The molecule has 23 heavy (non-hydrogen) atoms. The molecule has 0 aliphatic carbocycles. The topological polar surface area (TPSA) is 54.5 Å². The lowest BCUT2D eigenvalue weighted by Crippen LogP contribution is -2.40. The van der Waals surface area contributed by atoms with Crippen molar-refractivity contribution in [1.82, 2.24) is 4.90 Å². The summed E-state index contributed by atoms with van der Waals surface area (Å²) >= 11 is 1.27. The third-order valence-corrected chi connectivity index (χ3v) is 7.34. The van der Waals surface area contributed by atoms with Gasteiger partial charge in [0.2, 0.25) is 0 Å². The highest BCUT2D eigenvalue weighted by Crippen LogP contribution is 2.34. The largest absolute Gasteiger partial charge is 0.334 e. The van der Waals surface area contributed by atoms with Crippen LogP contribution in [0.1, 0.15) is 28.6 Å². The van der Waals surface area contributed by atoms with Gasteiger partial charge in [-0.05, 0) is 38.0 Å². The Morgan fingerprint density at radius 1 is 1.43 bits per heavy atom. The molecule has 1 saturated heterocycles. The highest BCUT2D eigenvalue weighted by Gasteiger charge is 2.35. The normalized spacial score (nSPS) is 20.0. The van der Waals surface area contributed by atoms with Gasteiger partial charge in [0, 0.05) is 22.7 Å². The zero-order chi connectivity index (χ0) is 16.8. The minimum atomic E-state index is -3.06. The fourth-order valence-corrected chi connectivity index (χ4v) is 6.09. The number of benzene rings is 1. The summed E-state index contributed by atoms with van der Waals surface area (Å²) in [5.74, 6) is -0.388. The van der Waals surface area contributed by atoms with Crippen LogP contribution in [-0.4, -0.2) is 43.3 Å². The number of sulfone groups is 1. The molecule has 0 spiro atoms. The first-order valence-corrected chi connectivity index (χ1v) is 10.2. The Kier molecular flexibility index (Phi) is 4.18. The molecule has 7 heteroatoms. The maximum atomic E-state index is 14.0. The quantitative estimate of drug-likeness (QED) is 0.850. The summed E-state index contributed by atoms with van der Waals surface area (Å²) in [6.07, 6.45) is 0.472. The van der Waals surface area contributed by atoms with Crippen molar-refractivity contribution in [3.63, 3.8) is 0 Å². The van der Waals surface area contributed by atoms with Crippen LogP contribution in [-0.2, 0) is 9.84 Å². The summed E-state index contributed by atoms with van der Waals surface area (Å²) in [6.45, 7) is 4.02. The van der Waals surface area contributed by atoms with Crippen molar-refractivity contribution in [3.8, 4) is 0 Å². The average molecular weight is 355 g/mol. The number of aryl methyl sites for hydroxylation is 1. The zero-order valence-corrected chi connectivity index (χ0v) is 14.6. The fourth-order valence-electron chi connectivity index (χ4n) is 3.18. The Balaban J connectivity index is 1.99. The van der Waals surface area contributed by atoms with E-state index < -0.39 is 9.84 Å². The molecule has 1 atom stereocenters. The van der Waals surface area contributed by atoms with Gasteiger partial charge in [0.25, 0.3) is 5.91 Å². The van der Waals surface area contributed by atoms with Crippen LogP contribution >= 0.6 is 11.3 Å². The lowest BCUT2D eigenvalue weighted by Gasteiger charge is -2.26. The number of halogens is 1. The van der Waals surface area contributed by atoms with Crippen LogP contribution < -0.4 is 0 Å². The lowest BCUT2D eigenvalue weighted by atomic mass is 10.1. The van der Waals surface area contributed by atoms with Gasteiger partial charge in [-0.15, -0.1) is 11.3 Å². The monoisotopic (exact) mass is 355 g/mol. The van der Waals surface area contributed by atoms with Crippen LogP contribution in [0, 0.1) is 12.7 Å². The van der Waals surface area contributed by atoms with Gasteiger partial charge in [-0.2, -0.15) is 0 Å². The molecule has 0 N–H and O–H groups in total. The number of hydrogen-bond acceptors (Lipinski definition) is 4. The number of nitrogens with zero attached hydrogens (tertiary/aromatic N) is 1. The summed E-state index contributed by atoms with van der Waals surface area (Å²) < 4.78 is 38.1. The highest BCUT2D eigenvalue weighted by atomic mass is 32.2.